The topological polar surface area (TPSA) is 66.0 Å². The fraction of sp³-hybridized carbons (Fsp3) is 0.882. The smallest absolute Gasteiger partial charge is 0.224 e. The van der Waals surface area contributed by atoms with Gasteiger partial charge in [-0.3, -0.25) is 9.79 Å². The Morgan fingerprint density at radius 3 is 2.75 bits per heavy atom. The first-order chi connectivity index (χ1) is 11.2. The number of ether oxygens (including phenoxy) is 1. The summed E-state index contributed by atoms with van der Waals surface area (Å²) in [6, 6.07) is 0.748. The lowest BCUT2D eigenvalue weighted by Crippen LogP contribution is -2.48. The Hall–Kier alpha value is -0.570. The van der Waals surface area contributed by atoms with Gasteiger partial charge in [-0.1, -0.05) is 0 Å². The predicted octanol–water partition coefficient (Wildman–Crippen LogP) is 1.88. The van der Waals surface area contributed by atoms with Gasteiger partial charge in [-0.25, -0.2) is 0 Å². The Morgan fingerprint density at radius 1 is 1.29 bits per heavy atom. The van der Waals surface area contributed by atoms with Crippen LogP contribution in [-0.2, 0) is 9.53 Å². The van der Waals surface area contributed by atoms with Crippen LogP contribution in [0.25, 0.3) is 0 Å². The van der Waals surface area contributed by atoms with Crippen molar-refractivity contribution >= 4 is 35.8 Å². The molecular weight excluding hydrogens is 419 g/mol. The van der Waals surface area contributed by atoms with E-state index in [1.807, 2.05) is 4.90 Å². The lowest BCUT2D eigenvalue weighted by Gasteiger charge is -2.33. The largest absolute Gasteiger partial charge is 0.373 e. The number of piperidine rings is 1. The molecular formula is C17H31IN4O2. The summed E-state index contributed by atoms with van der Waals surface area (Å²) in [5, 5.41) is 6.72. The second kappa shape index (κ2) is 9.22. The monoisotopic (exact) mass is 450 g/mol. The Morgan fingerprint density at radius 2 is 2.12 bits per heavy atom. The van der Waals surface area contributed by atoms with E-state index in [0.717, 1.165) is 38.2 Å². The summed E-state index contributed by atoms with van der Waals surface area (Å²) in [6.45, 7) is 3.69. The molecule has 3 heterocycles. The second-order valence-corrected chi connectivity index (χ2v) is 7.04. The molecule has 0 aromatic carbocycles. The number of halogens is 1. The van der Waals surface area contributed by atoms with Crippen molar-refractivity contribution in [3.63, 3.8) is 0 Å². The van der Waals surface area contributed by atoms with Gasteiger partial charge in [0, 0.05) is 32.6 Å². The van der Waals surface area contributed by atoms with Crippen molar-refractivity contribution in [2.24, 2.45) is 4.99 Å². The van der Waals surface area contributed by atoms with Gasteiger partial charge in [0.25, 0.3) is 0 Å². The van der Waals surface area contributed by atoms with Crippen LogP contribution < -0.4 is 10.6 Å². The summed E-state index contributed by atoms with van der Waals surface area (Å²) < 4.78 is 5.86. The zero-order valence-corrected chi connectivity index (χ0v) is 17.1. The Labute approximate surface area is 162 Å². The molecule has 3 saturated heterocycles. The third kappa shape index (κ3) is 4.74. The normalized spacial score (nSPS) is 32.4. The standard InChI is InChI=1S/C17H30N4O2.HI/c1-12-5-3-4-10-21(12)16(22)8-9-19-17(18-2)20-14-11-13-6-7-15(14)23-13;/h12-15H,3-11H2,1-2H3,(H2,18,19,20);1H. The van der Waals surface area contributed by atoms with Crippen LogP contribution in [0.4, 0.5) is 0 Å². The van der Waals surface area contributed by atoms with Crippen LogP contribution in [0.1, 0.15) is 51.9 Å². The zero-order valence-electron chi connectivity index (χ0n) is 14.8. The molecule has 0 aromatic heterocycles. The molecule has 2 bridgehead atoms. The summed E-state index contributed by atoms with van der Waals surface area (Å²) in [5.41, 5.74) is 0. The molecule has 6 nitrogen and oxygen atoms in total. The maximum absolute atomic E-state index is 12.3. The average Bonchev–Trinajstić information content (AvgIpc) is 3.17. The van der Waals surface area contributed by atoms with E-state index in [4.69, 9.17) is 4.74 Å². The molecule has 3 rings (SSSR count). The number of aliphatic imine (C=N–C) groups is 1. The van der Waals surface area contributed by atoms with Gasteiger partial charge in [-0.05, 0) is 45.4 Å². The zero-order chi connectivity index (χ0) is 16.2. The number of carbonyl (C=O) groups excluding carboxylic acids is 1. The number of nitrogens with one attached hydrogen (secondary N) is 2. The van der Waals surface area contributed by atoms with Gasteiger partial charge in [-0.15, -0.1) is 24.0 Å². The van der Waals surface area contributed by atoms with Crippen LogP contribution in [0.2, 0.25) is 0 Å². The predicted molar refractivity (Wildman–Crippen MR) is 106 cm³/mol. The summed E-state index contributed by atoms with van der Waals surface area (Å²) in [6.07, 6.45) is 8.19. The van der Waals surface area contributed by atoms with Crippen molar-refractivity contribution in [1.82, 2.24) is 15.5 Å². The highest BCUT2D eigenvalue weighted by molar-refractivity contribution is 14.0. The van der Waals surface area contributed by atoms with Crippen LogP contribution in [0.15, 0.2) is 4.99 Å². The Kier molecular flexibility index (Phi) is 7.59. The Balaban J connectivity index is 0.00000208. The highest BCUT2D eigenvalue weighted by atomic mass is 127. The van der Waals surface area contributed by atoms with Gasteiger partial charge < -0.3 is 20.3 Å². The molecule has 0 saturated carbocycles. The van der Waals surface area contributed by atoms with E-state index in [1.54, 1.807) is 7.05 Å². The molecule has 7 heteroatoms. The number of guanidine groups is 1. The third-order valence-corrected chi connectivity index (χ3v) is 5.41. The van der Waals surface area contributed by atoms with Crippen LogP contribution in [0.5, 0.6) is 0 Å². The quantitative estimate of drug-likeness (QED) is 0.390. The molecule has 1 amide bonds. The summed E-state index contributed by atoms with van der Waals surface area (Å²) in [4.78, 5) is 18.6. The second-order valence-electron chi connectivity index (χ2n) is 7.04. The first kappa shape index (κ1) is 19.8. The number of hydrogen-bond acceptors (Lipinski definition) is 3. The van der Waals surface area contributed by atoms with Gasteiger partial charge in [0.05, 0.1) is 18.2 Å². The molecule has 2 N–H and O–H groups in total. The number of nitrogens with zero attached hydrogens (tertiary/aromatic N) is 2. The molecule has 24 heavy (non-hydrogen) atoms. The minimum Gasteiger partial charge on any atom is -0.373 e. The number of carbonyl (C=O) groups is 1. The van der Waals surface area contributed by atoms with Gasteiger partial charge in [-0.2, -0.15) is 0 Å². The van der Waals surface area contributed by atoms with Gasteiger partial charge in [0.1, 0.15) is 0 Å². The van der Waals surface area contributed by atoms with E-state index in [1.165, 1.54) is 12.8 Å². The van der Waals surface area contributed by atoms with Crippen molar-refractivity contribution in [2.45, 2.75) is 76.2 Å². The van der Waals surface area contributed by atoms with Crippen molar-refractivity contribution in [3.8, 4) is 0 Å². The lowest BCUT2D eigenvalue weighted by molar-refractivity contribution is -0.134. The van der Waals surface area contributed by atoms with Gasteiger partial charge in [0.15, 0.2) is 5.96 Å². The molecule has 0 spiro atoms. The number of fused-ring (bicyclic) bond motifs is 2. The van der Waals surface area contributed by atoms with Crippen LogP contribution in [-0.4, -0.2) is 61.2 Å². The summed E-state index contributed by atoms with van der Waals surface area (Å²) in [7, 11) is 1.78. The molecule has 0 radical (unpaired) electrons. The van der Waals surface area contributed by atoms with Crippen LogP contribution in [0.3, 0.4) is 0 Å². The summed E-state index contributed by atoms with van der Waals surface area (Å²) >= 11 is 0. The molecule has 138 valence electrons. The van der Waals surface area contributed by atoms with Crippen molar-refractivity contribution in [3.05, 3.63) is 0 Å². The molecule has 0 aliphatic carbocycles. The van der Waals surface area contributed by atoms with Crippen molar-refractivity contribution < 1.29 is 9.53 Å². The molecule has 3 aliphatic rings. The molecule has 3 fully saturated rings. The molecule has 3 aliphatic heterocycles. The first-order valence-corrected chi connectivity index (χ1v) is 9.09. The first-order valence-electron chi connectivity index (χ1n) is 9.09. The fourth-order valence-electron chi connectivity index (χ4n) is 4.06. The lowest BCUT2D eigenvalue weighted by atomic mass is 9.96. The van der Waals surface area contributed by atoms with Crippen LogP contribution >= 0.6 is 24.0 Å². The van der Waals surface area contributed by atoms with Gasteiger partial charge >= 0.3 is 0 Å². The molecule has 4 atom stereocenters. The average molecular weight is 450 g/mol. The van der Waals surface area contributed by atoms with Crippen LogP contribution in [0, 0.1) is 0 Å². The summed E-state index contributed by atoms with van der Waals surface area (Å²) in [5.74, 6) is 1.04. The van der Waals surface area contributed by atoms with Crippen molar-refractivity contribution in [2.75, 3.05) is 20.1 Å². The van der Waals surface area contributed by atoms with E-state index < -0.39 is 0 Å². The highest BCUT2D eigenvalue weighted by Gasteiger charge is 2.41. The SMILES string of the molecule is CN=C(NCCC(=O)N1CCCCC1C)NC1CC2CCC1O2.I. The van der Waals surface area contributed by atoms with E-state index >= 15 is 0 Å². The number of amides is 1. The van der Waals surface area contributed by atoms with Crippen molar-refractivity contribution in [1.29, 1.82) is 0 Å². The molecule has 4 unspecified atom stereocenters. The number of rotatable bonds is 4. The van der Waals surface area contributed by atoms with E-state index in [-0.39, 0.29) is 29.9 Å². The maximum atomic E-state index is 12.3. The Bertz CT molecular complexity index is 460. The molecule has 0 aromatic rings. The van der Waals surface area contributed by atoms with E-state index in [9.17, 15) is 4.79 Å². The number of likely N-dealkylation sites (tertiary alicyclic amines) is 1. The van der Waals surface area contributed by atoms with E-state index in [2.05, 4.69) is 22.5 Å². The minimum atomic E-state index is 0. The highest BCUT2D eigenvalue weighted by Crippen LogP contribution is 2.34. The fourth-order valence-corrected chi connectivity index (χ4v) is 4.06. The third-order valence-electron chi connectivity index (χ3n) is 5.41. The number of hydrogen-bond donors (Lipinski definition) is 2. The van der Waals surface area contributed by atoms with Gasteiger partial charge in [0.2, 0.25) is 5.91 Å². The van der Waals surface area contributed by atoms with E-state index in [0.29, 0.717) is 37.3 Å². The minimum absolute atomic E-state index is 0. The maximum Gasteiger partial charge on any atom is 0.224 e.